The zero-order valence-corrected chi connectivity index (χ0v) is 16.4. The van der Waals surface area contributed by atoms with Crippen molar-refractivity contribution < 1.29 is 34.4 Å². The molecule has 2 unspecified atom stereocenters. The Labute approximate surface area is 173 Å². The number of primary amides is 2. The van der Waals surface area contributed by atoms with Gasteiger partial charge in [-0.3, -0.25) is 9.59 Å². The number of rotatable bonds is 11. The molecule has 2 aromatic rings. The molecule has 2 aromatic carbocycles. The lowest BCUT2D eigenvalue weighted by molar-refractivity contribution is 0.0987. The Morgan fingerprint density at radius 3 is 2.17 bits per heavy atom. The zero-order valence-electron chi connectivity index (χ0n) is 16.4. The Morgan fingerprint density at radius 2 is 1.53 bits per heavy atom. The average molecular weight is 419 g/mol. The van der Waals surface area contributed by atoms with E-state index < -0.39 is 17.9 Å². The summed E-state index contributed by atoms with van der Waals surface area (Å²) in [5.41, 5.74) is 10.2. The topological polar surface area (TPSA) is 177 Å². The van der Waals surface area contributed by atoms with Gasteiger partial charge in [-0.15, -0.1) is 0 Å². The summed E-state index contributed by atoms with van der Waals surface area (Å²) in [4.78, 5) is 22.3. The van der Waals surface area contributed by atoms with Gasteiger partial charge in [0.05, 0.1) is 11.1 Å². The number of hydrogen-bond acceptors (Lipinski definition) is 8. The largest absolute Gasteiger partial charge is 0.507 e. The summed E-state index contributed by atoms with van der Waals surface area (Å²) in [7, 11) is 0. The molecule has 2 rings (SSSR count). The van der Waals surface area contributed by atoms with Gasteiger partial charge in [-0.2, -0.15) is 0 Å². The Balaban J connectivity index is 1.75. The molecule has 30 heavy (non-hydrogen) atoms. The van der Waals surface area contributed by atoms with Gasteiger partial charge in [-0.1, -0.05) is 0 Å². The Morgan fingerprint density at radius 1 is 0.933 bits per heavy atom. The van der Waals surface area contributed by atoms with Gasteiger partial charge in [0.2, 0.25) is 0 Å². The van der Waals surface area contributed by atoms with Gasteiger partial charge in [0, 0.05) is 18.7 Å². The fraction of sp³-hybridized carbons (Fsp3) is 0.300. The normalized spacial score (nSPS) is 12.7. The highest BCUT2D eigenvalue weighted by atomic mass is 16.5. The van der Waals surface area contributed by atoms with E-state index in [0.29, 0.717) is 5.75 Å². The molecule has 0 radical (unpaired) electrons. The monoisotopic (exact) mass is 419 g/mol. The standard InChI is InChI=1S/C20H25N3O7/c1-11(9-29-13-3-5-17(25)16(6-13)20(22)28)23-8-12(24)10-30-14-2-4-15(19(21)27)18(26)7-14/h2-7,11-12,23-26H,8-10H2,1H3,(H2,21,27)(H2,22,28). The van der Waals surface area contributed by atoms with Crippen LogP contribution in [0.5, 0.6) is 23.0 Å². The van der Waals surface area contributed by atoms with E-state index in [4.69, 9.17) is 20.9 Å². The van der Waals surface area contributed by atoms with Crippen molar-refractivity contribution in [3.8, 4) is 23.0 Å². The summed E-state index contributed by atoms with van der Waals surface area (Å²) in [6.07, 6.45) is -0.847. The van der Waals surface area contributed by atoms with E-state index in [1.807, 2.05) is 6.92 Å². The number of carbonyl (C=O) groups is 2. The molecular formula is C20H25N3O7. The van der Waals surface area contributed by atoms with Crippen LogP contribution in [0.15, 0.2) is 36.4 Å². The van der Waals surface area contributed by atoms with Crippen LogP contribution in [0.1, 0.15) is 27.6 Å². The number of aliphatic hydroxyl groups is 1. The van der Waals surface area contributed by atoms with Crippen LogP contribution in [0.3, 0.4) is 0 Å². The molecule has 0 aliphatic rings. The number of hydrogen-bond donors (Lipinski definition) is 6. The van der Waals surface area contributed by atoms with Crippen molar-refractivity contribution in [2.24, 2.45) is 11.5 Å². The molecule has 0 saturated carbocycles. The van der Waals surface area contributed by atoms with Gasteiger partial charge in [-0.25, -0.2) is 0 Å². The number of phenols is 2. The van der Waals surface area contributed by atoms with E-state index in [0.717, 1.165) is 0 Å². The number of nitrogens with two attached hydrogens (primary N) is 2. The van der Waals surface area contributed by atoms with Crippen molar-refractivity contribution in [1.29, 1.82) is 0 Å². The predicted octanol–water partition coefficient (Wildman–Crippen LogP) is 0.0924. The second kappa shape index (κ2) is 10.3. The summed E-state index contributed by atoms with van der Waals surface area (Å²) >= 11 is 0. The first-order chi connectivity index (χ1) is 14.2. The lowest BCUT2D eigenvalue weighted by Crippen LogP contribution is -2.39. The maximum atomic E-state index is 11.2. The molecule has 0 aliphatic heterocycles. The molecule has 0 aromatic heterocycles. The molecule has 0 spiro atoms. The number of aromatic hydroxyl groups is 2. The lowest BCUT2D eigenvalue weighted by atomic mass is 10.2. The number of carbonyl (C=O) groups excluding carboxylic acids is 2. The second-order valence-electron chi connectivity index (χ2n) is 6.67. The van der Waals surface area contributed by atoms with Crippen molar-refractivity contribution in [1.82, 2.24) is 5.32 Å². The average Bonchev–Trinajstić information content (AvgIpc) is 2.69. The van der Waals surface area contributed by atoms with E-state index >= 15 is 0 Å². The number of amides is 2. The summed E-state index contributed by atoms with van der Waals surface area (Å²) in [5, 5.41) is 32.4. The number of nitrogens with one attached hydrogen (secondary N) is 1. The Bertz CT molecular complexity index is 904. The van der Waals surface area contributed by atoms with E-state index in [1.54, 1.807) is 0 Å². The molecule has 2 amide bonds. The first-order valence-corrected chi connectivity index (χ1v) is 9.10. The minimum Gasteiger partial charge on any atom is -0.507 e. The fourth-order valence-corrected chi connectivity index (χ4v) is 2.48. The maximum absolute atomic E-state index is 11.2. The number of aliphatic hydroxyl groups excluding tert-OH is 1. The third kappa shape index (κ3) is 6.54. The molecule has 2 atom stereocenters. The van der Waals surface area contributed by atoms with Crippen LogP contribution >= 0.6 is 0 Å². The van der Waals surface area contributed by atoms with Gasteiger partial charge in [0.15, 0.2) is 0 Å². The first kappa shape index (κ1) is 22.8. The molecule has 0 heterocycles. The lowest BCUT2D eigenvalue weighted by Gasteiger charge is -2.18. The molecule has 0 bridgehead atoms. The van der Waals surface area contributed by atoms with Crippen molar-refractivity contribution in [2.75, 3.05) is 19.8 Å². The van der Waals surface area contributed by atoms with Crippen LogP contribution in [0, 0.1) is 0 Å². The van der Waals surface area contributed by atoms with Crippen molar-refractivity contribution in [3.63, 3.8) is 0 Å². The van der Waals surface area contributed by atoms with Gasteiger partial charge in [0.25, 0.3) is 11.8 Å². The number of ether oxygens (including phenoxy) is 2. The summed E-state index contributed by atoms with van der Waals surface area (Å²) in [5.74, 6) is -1.37. The Kier molecular flexibility index (Phi) is 7.84. The minimum absolute atomic E-state index is 0.0185. The van der Waals surface area contributed by atoms with Crippen LogP contribution in [0.25, 0.3) is 0 Å². The minimum atomic E-state index is -0.847. The van der Waals surface area contributed by atoms with Crippen LogP contribution in [0.2, 0.25) is 0 Å². The molecule has 10 heteroatoms. The zero-order chi connectivity index (χ0) is 22.3. The van der Waals surface area contributed by atoms with Crippen LogP contribution in [0.4, 0.5) is 0 Å². The van der Waals surface area contributed by atoms with Crippen molar-refractivity contribution >= 4 is 11.8 Å². The predicted molar refractivity (Wildman–Crippen MR) is 108 cm³/mol. The number of benzene rings is 2. The van der Waals surface area contributed by atoms with E-state index in [-0.39, 0.29) is 54.2 Å². The third-order valence-corrected chi connectivity index (χ3v) is 4.11. The maximum Gasteiger partial charge on any atom is 0.252 e. The van der Waals surface area contributed by atoms with Crippen LogP contribution in [-0.4, -0.2) is 59.0 Å². The molecular weight excluding hydrogens is 394 g/mol. The van der Waals surface area contributed by atoms with Gasteiger partial charge >= 0.3 is 0 Å². The first-order valence-electron chi connectivity index (χ1n) is 9.10. The van der Waals surface area contributed by atoms with Gasteiger partial charge < -0.3 is 41.6 Å². The SMILES string of the molecule is CC(COc1ccc(O)c(C(N)=O)c1)NCC(O)COc1ccc(C(N)=O)c(O)c1. The molecule has 0 saturated heterocycles. The fourth-order valence-electron chi connectivity index (χ4n) is 2.48. The molecule has 0 aliphatic carbocycles. The third-order valence-electron chi connectivity index (χ3n) is 4.11. The van der Waals surface area contributed by atoms with Gasteiger partial charge in [-0.05, 0) is 37.3 Å². The van der Waals surface area contributed by atoms with E-state index in [2.05, 4.69) is 5.32 Å². The van der Waals surface area contributed by atoms with Gasteiger partial charge in [0.1, 0.15) is 42.3 Å². The Hall–Kier alpha value is -3.50. The smallest absolute Gasteiger partial charge is 0.252 e. The summed E-state index contributed by atoms with van der Waals surface area (Å²) in [6.45, 7) is 2.23. The van der Waals surface area contributed by atoms with E-state index in [9.17, 15) is 24.9 Å². The molecule has 0 fully saturated rings. The van der Waals surface area contributed by atoms with Crippen LogP contribution in [-0.2, 0) is 0 Å². The second-order valence-corrected chi connectivity index (χ2v) is 6.67. The molecule has 162 valence electrons. The molecule has 8 N–H and O–H groups in total. The van der Waals surface area contributed by atoms with E-state index in [1.165, 1.54) is 36.4 Å². The molecule has 10 nitrogen and oxygen atoms in total. The summed E-state index contributed by atoms with van der Waals surface area (Å²) < 4.78 is 10.9. The quantitative estimate of drug-likeness (QED) is 0.297. The highest BCUT2D eigenvalue weighted by Crippen LogP contribution is 2.24. The highest BCUT2D eigenvalue weighted by Gasteiger charge is 2.13. The van der Waals surface area contributed by atoms with Crippen LogP contribution < -0.4 is 26.3 Å². The summed E-state index contributed by atoms with van der Waals surface area (Å²) in [6, 6.07) is 8.09. The van der Waals surface area contributed by atoms with Crippen molar-refractivity contribution in [3.05, 3.63) is 47.5 Å². The van der Waals surface area contributed by atoms with Crippen molar-refractivity contribution in [2.45, 2.75) is 19.1 Å². The highest BCUT2D eigenvalue weighted by molar-refractivity contribution is 5.96.